The van der Waals surface area contributed by atoms with Gasteiger partial charge in [0.15, 0.2) is 5.96 Å². The molecule has 132 valence electrons. The van der Waals surface area contributed by atoms with Crippen LogP contribution in [-0.2, 0) is 13.0 Å². The highest BCUT2D eigenvalue weighted by Gasteiger charge is 2.09. The van der Waals surface area contributed by atoms with Crippen LogP contribution < -0.4 is 10.6 Å². The van der Waals surface area contributed by atoms with Crippen LogP contribution in [0.4, 0.5) is 8.78 Å². The van der Waals surface area contributed by atoms with Crippen molar-refractivity contribution in [2.75, 3.05) is 13.6 Å². The van der Waals surface area contributed by atoms with Crippen molar-refractivity contribution in [3.05, 3.63) is 51.0 Å². The quantitative estimate of drug-likeness (QED) is 0.403. The number of nitrogens with zero attached hydrogens (tertiary/aromatic N) is 2. The summed E-state index contributed by atoms with van der Waals surface area (Å²) in [5, 5.41) is 7.16. The van der Waals surface area contributed by atoms with Crippen LogP contribution in [0.2, 0.25) is 0 Å². The highest BCUT2D eigenvalue weighted by atomic mass is 127. The fourth-order valence-electron chi connectivity index (χ4n) is 2.07. The number of hydrogen-bond donors (Lipinski definition) is 2. The molecule has 0 bridgehead atoms. The van der Waals surface area contributed by atoms with E-state index in [4.69, 9.17) is 0 Å². The molecule has 2 rings (SSSR count). The summed E-state index contributed by atoms with van der Waals surface area (Å²) in [6.07, 6.45) is 0.245. The molecule has 0 spiro atoms. The number of aromatic nitrogens is 1. The van der Waals surface area contributed by atoms with E-state index < -0.39 is 11.6 Å². The van der Waals surface area contributed by atoms with E-state index in [9.17, 15) is 8.78 Å². The molecule has 0 fully saturated rings. The van der Waals surface area contributed by atoms with Gasteiger partial charge < -0.3 is 10.6 Å². The summed E-state index contributed by atoms with van der Waals surface area (Å²) in [5.74, 6) is -0.473. The van der Waals surface area contributed by atoms with E-state index in [0.29, 0.717) is 19.0 Å². The lowest BCUT2D eigenvalue weighted by Gasteiger charge is -2.11. The number of benzene rings is 1. The van der Waals surface area contributed by atoms with E-state index in [1.54, 1.807) is 18.4 Å². The molecule has 0 saturated carbocycles. The van der Waals surface area contributed by atoms with Gasteiger partial charge in [-0.05, 0) is 32.4 Å². The van der Waals surface area contributed by atoms with Gasteiger partial charge in [-0.15, -0.1) is 35.3 Å². The van der Waals surface area contributed by atoms with Gasteiger partial charge in [0.05, 0.1) is 12.2 Å². The van der Waals surface area contributed by atoms with E-state index in [-0.39, 0.29) is 36.0 Å². The molecule has 0 aliphatic carbocycles. The fraction of sp³-hybridized carbons (Fsp3) is 0.375. The monoisotopic (exact) mass is 466 g/mol. The number of aliphatic imine (C=N–C) groups is 1. The molecule has 24 heavy (non-hydrogen) atoms. The molecule has 4 nitrogen and oxygen atoms in total. The predicted octanol–water partition coefficient (Wildman–Crippen LogP) is 3.56. The minimum absolute atomic E-state index is 0. The van der Waals surface area contributed by atoms with E-state index in [1.165, 1.54) is 23.1 Å². The maximum Gasteiger partial charge on any atom is 0.191 e. The van der Waals surface area contributed by atoms with Crippen LogP contribution in [0, 0.1) is 25.5 Å². The predicted molar refractivity (Wildman–Crippen MR) is 105 cm³/mol. The Kier molecular flexibility index (Phi) is 8.54. The zero-order valence-corrected chi connectivity index (χ0v) is 17.0. The van der Waals surface area contributed by atoms with Crippen molar-refractivity contribution in [3.8, 4) is 0 Å². The smallest absolute Gasteiger partial charge is 0.191 e. The zero-order valence-electron chi connectivity index (χ0n) is 13.8. The van der Waals surface area contributed by atoms with Gasteiger partial charge >= 0.3 is 0 Å². The van der Waals surface area contributed by atoms with Crippen LogP contribution in [0.3, 0.4) is 0 Å². The average molecular weight is 466 g/mol. The molecule has 0 saturated heterocycles. The van der Waals surface area contributed by atoms with Gasteiger partial charge in [0, 0.05) is 24.0 Å². The topological polar surface area (TPSA) is 49.3 Å². The van der Waals surface area contributed by atoms with Crippen molar-refractivity contribution in [2.45, 2.75) is 26.8 Å². The summed E-state index contributed by atoms with van der Waals surface area (Å²) < 4.78 is 27.1. The zero-order chi connectivity index (χ0) is 16.8. The van der Waals surface area contributed by atoms with Crippen LogP contribution in [-0.4, -0.2) is 24.5 Å². The Labute approximate surface area is 161 Å². The molecular weight excluding hydrogens is 445 g/mol. The first-order chi connectivity index (χ1) is 11.0. The average Bonchev–Trinajstić information content (AvgIpc) is 2.84. The molecule has 2 aromatic rings. The highest BCUT2D eigenvalue weighted by Crippen LogP contribution is 2.16. The number of aryl methyl sites for hydroxylation is 2. The van der Waals surface area contributed by atoms with Crippen LogP contribution in [0.25, 0.3) is 0 Å². The van der Waals surface area contributed by atoms with Crippen LogP contribution >= 0.6 is 35.3 Å². The summed E-state index contributed by atoms with van der Waals surface area (Å²) in [5.41, 5.74) is 1.12. The lowest BCUT2D eigenvalue weighted by atomic mass is 10.1. The van der Waals surface area contributed by atoms with E-state index in [0.717, 1.165) is 10.7 Å². The van der Waals surface area contributed by atoms with E-state index >= 15 is 0 Å². The minimum Gasteiger partial charge on any atom is -0.356 e. The first-order valence-corrected chi connectivity index (χ1v) is 8.13. The third-order valence-corrected chi connectivity index (χ3v) is 4.51. The Morgan fingerprint density at radius 2 is 1.88 bits per heavy atom. The molecule has 2 N–H and O–H groups in total. The third kappa shape index (κ3) is 5.66. The molecule has 0 unspecified atom stereocenters. The van der Waals surface area contributed by atoms with E-state index in [2.05, 4.69) is 20.6 Å². The van der Waals surface area contributed by atoms with E-state index in [1.807, 2.05) is 13.8 Å². The number of halogens is 3. The van der Waals surface area contributed by atoms with Crippen molar-refractivity contribution < 1.29 is 8.78 Å². The molecule has 0 atom stereocenters. The van der Waals surface area contributed by atoms with Gasteiger partial charge in [0.2, 0.25) is 0 Å². The van der Waals surface area contributed by atoms with Gasteiger partial charge in [-0.3, -0.25) is 4.99 Å². The molecule has 0 aliphatic rings. The molecule has 1 heterocycles. The van der Waals surface area contributed by atoms with Crippen molar-refractivity contribution in [1.82, 2.24) is 15.6 Å². The molecule has 0 amide bonds. The SMILES string of the molecule is CN=C(NCCc1c(F)cccc1F)NCc1nc(C)c(C)s1.I. The summed E-state index contributed by atoms with van der Waals surface area (Å²) in [6.45, 7) is 4.96. The van der Waals surface area contributed by atoms with Crippen LogP contribution in [0.1, 0.15) is 21.1 Å². The maximum absolute atomic E-state index is 13.5. The van der Waals surface area contributed by atoms with Gasteiger partial charge in [0.25, 0.3) is 0 Å². The number of hydrogen-bond acceptors (Lipinski definition) is 3. The highest BCUT2D eigenvalue weighted by molar-refractivity contribution is 14.0. The first-order valence-electron chi connectivity index (χ1n) is 7.31. The van der Waals surface area contributed by atoms with Gasteiger partial charge in [-0.1, -0.05) is 6.07 Å². The van der Waals surface area contributed by atoms with Crippen LogP contribution in [0.15, 0.2) is 23.2 Å². The van der Waals surface area contributed by atoms with Crippen molar-refractivity contribution in [1.29, 1.82) is 0 Å². The van der Waals surface area contributed by atoms with Crippen LogP contribution in [0.5, 0.6) is 0 Å². The third-order valence-electron chi connectivity index (χ3n) is 3.43. The molecule has 1 aromatic carbocycles. The molecular formula is C16H21F2IN4S. The Morgan fingerprint density at radius 3 is 2.42 bits per heavy atom. The minimum atomic E-state index is -0.525. The molecule has 0 aliphatic heterocycles. The summed E-state index contributed by atoms with van der Waals surface area (Å²) in [7, 11) is 1.65. The largest absolute Gasteiger partial charge is 0.356 e. The molecule has 1 aromatic heterocycles. The first kappa shape index (κ1) is 20.8. The number of nitrogens with one attached hydrogen (secondary N) is 2. The Balaban J connectivity index is 0.00000288. The summed E-state index contributed by atoms with van der Waals surface area (Å²) in [6, 6.07) is 3.89. The summed E-state index contributed by atoms with van der Waals surface area (Å²) in [4.78, 5) is 9.73. The Hall–Kier alpha value is -1.29. The van der Waals surface area contributed by atoms with Gasteiger partial charge in [-0.25, -0.2) is 13.8 Å². The van der Waals surface area contributed by atoms with Crippen molar-refractivity contribution >= 4 is 41.3 Å². The van der Waals surface area contributed by atoms with Gasteiger partial charge in [-0.2, -0.15) is 0 Å². The summed E-state index contributed by atoms with van der Waals surface area (Å²) >= 11 is 1.64. The van der Waals surface area contributed by atoms with Gasteiger partial charge in [0.1, 0.15) is 16.6 Å². The Morgan fingerprint density at radius 1 is 1.21 bits per heavy atom. The number of thiazole rings is 1. The standard InChI is InChI=1S/C16H20F2N4S.HI/c1-10-11(2)23-15(22-10)9-21-16(19-3)20-8-7-12-13(17)5-4-6-14(12)18;/h4-6H,7-9H2,1-3H3,(H2,19,20,21);1H. The second-order valence-corrected chi connectivity index (χ2v) is 6.34. The lowest BCUT2D eigenvalue weighted by molar-refractivity contribution is 0.553. The number of guanidine groups is 1. The molecule has 8 heteroatoms. The fourth-order valence-corrected chi connectivity index (χ4v) is 2.95. The second-order valence-electron chi connectivity index (χ2n) is 5.05. The normalized spacial score (nSPS) is 11.1. The lowest BCUT2D eigenvalue weighted by Crippen LogP contribution is -2.38. The Bertz CT molecular complexity index is 664. The molecule has 0 radical (unpaired) electrons. The second kappa shape index (κ2) is 9.87. The maximum atomic E-state index is 13.5. The van der Waals surface area contributed by atoms with Crippen molar-refractivity contribution in [2.24, 2.45) is 4.99 Å². The number of rotatable bonds is 5. The van der Waals surface area contributed by atoms with Crippen molar-refractivity contribution in [3.63, 3.8) is 0 Å².